The number of ether oxygens (including phenoxy) is 2. The predicted molar refractivity (Wildman–Crippen MR) is 62.4 cm³/mol. The number of halogens is 1. The van der Waals surface area contributed by atoms with Crippen molar-refractivity contribution in [2.24, 2.45) is 0 Å². The number of aliphatic hydroxyl groups is 1. The average molecular weight is 286 g/mol. The van der Waals surface area contributed by atoms with Gasteiger partial charge in [-0.2, -0.15) is 5.26 Å². The molecule has 5 heteroatoms. The third-order valence-electron chi connectivity index (χ3n) is 2.12. The number of nitriles is 1. The van der Waals surface area contributed by atoms with Crippen molar-refractivity contribution in [3.8, 4) is 17.6 Å². The number of aliphatic hydroxyl groups excluding tert-OH is 1. The molecular weight excluding hydrogens is 274 g/mol. The summed E-state index contributed by atoms with van der Waals surface area (Å²) < 4.78 is 11.1. The van der Waals surface area contributed by atoms with E-state index in [1.165, 1.54) is 14.2 Å². The Kier molecular flexibility index (Phi) is 4.59. The number of hydrogen-bond donors (Lipinski definition) is 1. The Morgan fingerprint density at radius 2 is 2.12 bits per heavy atom. The zero-order valence-electron chi connectivity index (χ0n) is 9.03. The minimum atomic E-state index is -0.883. The maximum Gasteiger partial charge on any atom is 0.166 e. The number of nitrogens with zero attached hydrogens (tertiary/aromatic N) is 1. The lowest BCUT2D eigenvalue weighted by atomic mass is 10.1. The molecule has 1 aromatic carbocycles. The van der Waals surface area contributed by atoms with Gasteiger partial charge in [0.25, 0.3) is 0 Å². The van der Waals surface area contributed by atoms with Crippen molar-refractivity contribution in [3.63, 3.8) is 0 Å². The molecule has 0 fully saturated rings. The SMILES string of the molecule is COc1cc(Br)cc(C(O)CC#N)c1OC. The minimum Gasteiger partial charge on any atom is -0.493 e. The molecule has 0 saturated heterocycles. The van der Waals surface area contributed by atoms with Crippen LogP contribution in [0.4, 0.5) is 0 Å². The van der Waals surface area contributed by atoms with E-state index in [1.807, 2.05) is 6.07 Å². The molecule has 4 nitrogen and oxygen atoms in total. The summed E-state index contributed by atoms with van der Waals surface area (Å²) in [6, 6.07) is 5.36. The second kappa shape index (κ2) is 5.73. The third kappa shape index (κ3) is 2.65. The van der Waals surface area contributed by atoms with Crippen molar-refractivity contribution in [2.45, 2.75) is 12.5 Å². The van der Waals surface area contributed by atoms with Gasteiger partial charge in [0.1, 0.15) is 0 Å². The molecule has 0 bridgehead atoms. The Morgan fingerprint density at radius 1 is 1.44 bits per heavy atom. The Bertz CT molecular complexity index is 414. The van der Waals surface area contributed by atoms with Crippen LogP contribution in [0.3, 0.4) is 0 Å². The minimum absolute atomic E-state index is 0.00989. The summed E-state index contributed by atoms with van der Waals surface area (Å²) >= 11 is 3.31. The van der Waals surface area contributed by atoms with Crippen LogP contribution in [0.15, 0.2) is 16.6 Å². The Balaban J connectivity index is 3.25. The molecule has 1 aromatic rings. The highest BCUT2D eigenvalue weighted by Gasteiger charge is 2.18. The third-order valence-corrected chi connectivity index (χ3v) is 2.57. The van der Waals surface area contributed by atoms with Crippen LogP contribution >= 0.6 is 15.9 Å². The van der Waals surface area contributed by atoms with E-state index >= 15 is 0 Å². The molecule has 1 N–H and O–H groups in total. The molecule has 0 heterocycles. The standard InChI is InChI=1S/C11H12BrNO3/c1-15-10-6-7(12)5-8(11(10)16-2)9(14)3-4-13/h5-6,9,14H,3H2,1-2H3. The lowest BCUT2D eigenvalue weighted by Crippen LogP contribution is -2.02. The number of methoxy groups -OCH3 is 2. The number of rotatable bonds is 4. The molecule has 0 spiro atoms. The fraction of sp³-hybridized carbons (Fsp3) is 0.364. The van der Waals surface area contributed by atoms with Crippen molar-refractivity contribution in [3.05, 3.63) is 22.2 Å². The Labute approximate surface area is 103 Å². The highest BCUT2D eigenvalue weighted by molar-refractivity contribution is 9.10. The van der Waals surface area contributed by atoms with Gasteiger partial charge < -0.3 is 14.6 Å². The molecule has 0 amide bonds. The zero-order chi connectivity index (χ0) is 12.1. The molecule has 1 rings (SSSR count). The predicted octanol–water partition coefficient (Wildman–Crippen LogP) is 2.41. The highest BCUT2D eigenvalue weighted by atomic mass is 79.9. The second-order valence-corrected chi connectivity index (χ2v) is 4.02. The van der Waals surface area contributed by atoms with Crippen LogP contribution in [0.2, 0.25) is 0 Å². The van der Waals surface area contributed by atoms with Gasteiger partial charge in [0, 0.05) is 10.0 Å². The van der Waals surface area contributed by atoms with E-state index in [0.717, 1.165) is 4.47 Å². The van der Waals surface area contributed by atoms with E-state index < -0.39 is 6.10 Å². The Morgan fingerprint density at radius 3 is 2.62 bits per heavy atom. The van der Waals surface area contributed by atoms with Crippen LogP contribution in [0, 0.1) is 11.3 Å². The van der Waals surface area contributed by atoms with Gasteiger partial charge >= 0.3 is 0 Å². The summed E-state index contributed by atoms with van der Waals surface area (Å²) in [6.45, 7) is 0. The summed E-state index contributed by atoms with van der Waals surface area (Å²) in [6.07, 6.45) is -0.873. The zero-order valence-corrected chi connectivity index (χ0v) is 10.6. The molecule has 16 heavy (non-hydrogen) atoms. The van der Waals surface area contributed by atoms with Crippen LogP contribution in [0.1, 0.15) is 18.1 Å². The van der Waals surface area contributed by atoms with E-state index in [1.54, 1.807) is 12.1 Å². The molecule has 0 aliphatic heterocycles. The van der Waals surface area contributed by atoms with Gasteiger partial charge in [-0.05, 0) is 12.1 Å². The first-order valence-corrected chi connectivity index (χ1v) is 5.39. The van der Waals surface area contributed by atoms with Gasteiger partial charge in [0.05, 0.1) is 32.8 Å². The van der Waals surface area contributed by atoms with Crippen molar-refractivity contribution in [1.29, 1.82) is 5.26 Å². The van der Waals surface area contributed by atoms with Gasteiger partial charge in [-0.25, -0.2) is 0 Å². The number of hydrogen-bond acceptors (Lipinski definition) is 4. The van der Waals surface area contributed by atoms with Crippen LogP contribution < -0.4 is 9.47 Å². The molecule has 0 saturated carbocycles. The molecule has 86 valence electrons. The molecular formula is C11H12BrNO3. The summed E-state index contributed by atoms with van der Waals surface area (Å²) in [5.74, 6) is 0.970. The van der Waals surface area contributed by atoms with Crippen molar-refractivity contribution < 1.29 is 14.6 Å². The largest absolute Gasteiger partial charge is 0.493 e. The molecule has 0 aliphatic rings. The molecule has 0 aromatic heterocycles. The summed E-state index contributed by atoms with van der Waals surface area (Å²) in [7, 11) is 3.01. The van der Waals surface area contributed by atoms with E-state index in [2.05, 4.69) is 15.9 Å². The van der Waals surface area contributed by atoms with Crippen LogP contribution in [0.25, 0.3) is 0 Å². The van der Waals surface area contributed by atoms with Crippen molar-refractivity contribution >= 4 is 15.9 Å². The van der Waals surface area contributed by atoms with E-state index in [-0.39, 0.29) is 6.42 Å². The topological polar surface area (TPSA) is 62.5 Å². The molecule has 0 aliphatic carbocycles. The van der Waals surface area contributed by atoms with Gasteiger partial charge in [0.15, 0.2) is 11.5 Å². The molecule has 1 atom stereocenters. The fourth-order valence-electron chi connectivity index (χ4n) is 1.40. The fourth-order valence-corrected chi connectivity index (χ4v) is 1.86. The normalized spacial score (nSPS) is 11.7. The van der Waals surface area contributed by atoms with E-state index in [9.17, 15) is 5.11 Å². The van der Waals surface area contributed by atoms with Crippen molar-refractivity contribution in [1.82, 2.24) is 0 Å². The summed E-state index contributed by atoms with van der Waals surface area (Å²) in [5.41, 5.74) is 0.537. The highest BCUT2D eigenvalue weighted by Crippen LogP contribution is 2.38. The number of benzene rings is 1. The molecule has 1 unspecified atom stereocenters. The smallest absolute Gasteiger partial charge is 0.166 e. The van der Waals surface area contributed by atoms with Gasteiger partial charge in [0.2, 0.25) is 0 Å². The summed E-state index contributed by atoms with van der Waals surface area (Å²) in [5, 5.41) is 18.4. The summed E-state index contributed by atoms with van der Waals surface area (Å²) in [4.78, 5) is 0. The maximum absolute atomic E-state index is 9.80. The lowest BCUT2D eigenvalue weighted by Gasteiger charge is -2.16. The van der Waals surface area contributed by atoms with Gasteiger partial charge in [-0.15, -0.1) is 0 Å². The van der Waals surface area contributed by atoms with E-state index in [0.29, 0.717) is 17.1 Å². The first-order chi connectivity index (χ1) is 7.63. The second-order valence-electron chi connectivity index (χ2n) is 3.11. The average Bonchev–Trinajstić information content (AvgIpc) is 2.28. The van der Waals surface area contributed by atoms with Crippen molar-refractivity contribution in [2.75, 3.05) is 14.2 Å². The lowest BCUT2D eigenvalue weighted by molar-refractivity contribution is 0.177. The van der Waals surface area contributed by atoms with Gasteiger partial charge in [-0.1, -0.05) is 15.9 Å². The first-order valence-electron chi connectivity index (χ1n) is 4.60. The molecule has 0 radical (unpaired) electrons. The van der Waals surface area contributed by atoms with Gasteiger partial charge in [-0.3, -0.25) is 0 Å². The van der Waals surface area contributed by atoms with Crippen LogP contribution in [-0.4, -0.2) is 19.3 Å². The monoisotopic (exact) mass is 285 g/mol. The quantitative estimate of drug-likeness (QED) is 0.923. The maximum atomic E-state index is 9.80. The van der Waals surface area contributed by atoms with E-state index in [4.69, 9.17) is 14.7 Å². The Hall–Kier alpha value is -1.25. The van der Waals surface area contributed by atoms with Crippen LogP contribution in [-0.2, 0) is 0 Å². The van der Waals surface area contributed by atoms with Crippen LogP contribution in [0.5, 0.6) is 11.5 Å². The first kappa shape index (κ1) is 12.8.